The van der Waals surface area contributed by atoms with Crippen LogP contribution in [0, 0.1) is 11.8 Å². The van der Waals surface area contributed by atoms with Crippen LogP contribution in [-0.2, 0) is 9.53 Å². The van der Waals surface area contributed by atoms with E-state index in [0.29, 0.717) is 12.5 Å². The van der Waals surface area contributed by atoms with Crippen molar-refractivity contribution in [1.82, 2.24) is 4.90 Å². The molecule has 4 nitrogen and oxygen atoms in total. The Morgan fingerprint density at radius 1 is 1.25 bits per heavy atom. The standard InChI is InChI=1S/C13H20F3NO3/c14-13(15,16)12(19)10-3-5-17(6-4-10)11(18)8-20-7-9-1-2-9/h9-10,12,19H,1-8H2. The molecule has 1 amide bonds. The predicted octanol–water partition coefficient (Wildman–Crippen LogP) is 1.57. The maximum Gasteiger partial charge on any atom is 0.414 e. The van der Waals surface area contributed by atoms with Gasteiger partial charge in [-0.1, -0.05) is 0 Å². The van der Waals surface area contributed by atoms with Crippen molar-refractivity contribution in [2.24, 2.45) is 11.8 Å². The number of amides is 1. The van der Waals surface area contributed by atoms with Crippen LogP contribution in [0.15, 0.2) is 0 Å². The van der Waals surface area contributed by atoms with Crippen LogP contribution in [0.25, 0.3) is 0 Å². The largest absolute Gasteiger partial charge is 0.414 e. The normalized spacial score (nSPS) is 22.9. The monoisotopic (exact) mass is 295 g/mol. The molecule has 0 bridgehead atoms. The number of piperidine rings is 1. The van der Waals surface area contributed by atoms with E-state index in [1.807, 2.05) is 0 Å². The lowest BCUT2D eigenvalue weighted by molar-refractivity contribution is -0.223. The zero-order valence-corrected chi connectivity index (χ0v) is 11.2. The van der Waals surface area contributed by atoms with E-state index in [2.05, 4.69) is 0 Å². The molecule has 0 radical (unpaired) electrons. The third-order valence-electron chi connectivity index (χ3n) is 3.95. The Kier molecular flexibility index (Phi) is 4.90. The van der Waals surface area contributed by atoms with Crippen molar-refractivity contribution in [3.63, 3.8) is 0 Å². The number of ether oxygens (including phenoxy) is 1. The number of hydrogen-bond acceptors (Lipinski definition) is 3. The Morgan fingerprint density at radius 3 is 2.35 bits per heavy atom. The molecule has 1 heterocycles. The molecule has 0 aromatic carbocycles. The van der Waals surface area contributed by atoms with Crippen molar-refractivity contribution in [2.75, 3.05) is 26.3 Å². The number of aliphatic hydroxyl groups is 1. The molecule has 2 fully saturated rings. The molecule has 0 aromatic heterocycles. The smallest absolute Gasteiger partial charge is 0.383 e. The summed E-state index contributed by atoms with van der Waals surface area (Å²) in [5.41, 5.74) is 0. The van der Waals surface area contributed by atoms with Crippen LogP contribution in [0.4, 0.5) is 13.2 Å². The molecule has 1 aliphatic carbocycles. The lowest BCUT2D eigenvalue weighted by Crippen LogP contribution is -2.46. The Balaban J connectivity index is 1.68. The van der Waals surface area contributed by atoms with Crippen LogP contribution in [-0.4, -0.2) is 54.5 Å². The number of halogens is 3. The number of carbonyl (C=O) groups is 1. The summed E-state index contributed by atoms with van der Waals surface area (Å²) < 4.78 is 42.4. The Morgan fingerprint density at radius 2 is 1.85 bits per heavy atom. The highest BCUT2D eigenvalue weighted by Crippen LogP contribution is 2.31. The van der Waals surface area contributed by atoms with E-state index in [1.165, 1.54) is 4.90 Å². The van der Waals surface area contributed by atoms with Crippen LogP contribution in [0.2, 0.25) is 0 Å². The van der Waals surface area contributed by atoms with Crippen molar-refractivity contribution < 1.29 is 27.8 Å². The fourth-order valence-corrected chi connectivity index (χ4v) is 2.42. The molecule has 1 aliphatic heterocycles. The van der Waals surface area contributed by atoms with Gasteiger partial charge in [-0.2, -0.15) is 13.2 Å². The highest BCUT2D eigenvalue weighted by atomic mass is 19.4. The van der Waals surface area contributed by atoms with Gasteiger partial charge in [0.25, 0.3) is 0 Å². The first kappa shape index (κ1) is 15.6. The quantitative estimate of drug-likeness (QED) is 0.837. The third kappa shape index (κ3) is 4.34. The van der Waals surface area contributed by atoms with Crippen LogP contribution < -0.4 is 0 Å². The Bertz CT molecular complexity index is 336. The molecule has 1 atom stereocenters. The molecule has 2 aliphatic rings. The second-order valence-electron chi connectivity index (χ2n) is 5.66. The van der Waals surface area contributed by atoms with E-state index in [1.54, 1.807) is 0 Å². The summed E-state index contributed by atoms with van der Waals surface area (Å²) in [5.74, 6) is -0.410. The molecule has 1 unspecified atom stereocenters. The number of hydrogen-bond donors (Lipinski definition) is 1. The van der Waals surface area contributed by atoms with Crippen LogP contribution in [0.5, 0.6) is 0 Å². The molecule has 1 N–H and O–H groups in total. The fraction of sp³-hybridized carbons (Fsp3) is 0.923. The van der Waals surface area contributed by atoms with Gasteiger partial charge >= 0.3 is 6.18 Å². The van der Waals surface area contributed by atoms with Gasteiger partial charge in [-0.25, -0.2) is 0 Å². The second kappa shape index (κ2) is 6.30. The van der Waals surface area contributed by atoms with Crippen LogP contribution >= 0.6 is 0 Å². The minimum absolute atomic E-state index is 0.00297. The first-order valence-electron chi connectivity index (χ1n) is 6.98. The average molecular weight is 295 g/mol. The molecule has 7 heteroatoms. The van der Waals surface area contributed by atoms with E-state index in [9.17, 15) is 23.1 Å². The van der Waals surface area contributed by atoms with Gasteiger partial charge in [0, 0.05) is 13.1 Å². The molecule has 1 saturated carbocycles. The van der Waals surface area contributed by atoms with E-state index in [0.717, 1.165) is 12.8 Å². The molecule has 20 heavy (non-hydrogen) atoms. The van der Waals surface area contributed by atoms with Gasteiger partial charge in [-0.15, -0.1) is 0 Å². The molecule has 1 saturated heterocycles. The van der Waals surface area contributed by atoms with Gasteiger partial charge in [0.15, 0.2) is 6.10 Å². The summed E-state index contributed by atoms with van der Waals surface area (Å²) in [6.07, 6.45) is -4.22. The number of rotatable bonds is 5. The van der Waals surface area contributed by atoms with E-state index < -0.39 is 18.2 Å². The molecular weight excluding hydrogens is 275 g/mol. The van der Waals surface area contributed by atoms with Crippen LogP contribution in [0.1, 0.15) is 25.7 Å². The zero-order chi connectivity index (χ0) is 14.8. The molecule has 0 aromatic rings. The highest BCUT2D eigenvalue weighted by molar-refractivity contribution is 5.77. The van der Waals surface area contributed by atoms with Gasteiger partial charge in [-0.3, -0.25) is 4.79 Å². The number of likely N-dealkylation sites (tertiary alicyclic amines) is 1. The summed E-state index contributed by atoms with van der Waals surface area (Å²) in [6.45, 7) is 1.10. The lowest BCUT2D eigenvalue weighted by Gasteiger charge is -2.34. The highest BCUT2D eigenvalue weighted by Gasteiger charge is 2.44. The zero-order valence-electron chi connectivity index (χ0n) is 11.2. The first-order valence-corrected chi connectivity index (χ1v) is 6.98. The maximum atomic E-state index is 12.4. The van der Waals surface area contributed by atoms with E-state index >= 15 is 0 Å². The van der Waals surface area contributed by atoms with E-state index in [-0.39, 0.29) is 38.4 Å². The Labute approximate surface area is 115 Å². The number of carbonyl (C=O) groups excluding carboxylic acids is 1. The lowest BCUT2D eigenvalue weighted by atomic mass is 9.91. The summed E-state index contributed by atoms with van der Waals surface area (Å²) in [6, 6.07) is 0. The molecular formula is C13H20F3NO3. The summed E-state index contributed by atoms with van der Waals surface area (Å²) in [5, 5.41) is 9.19. The van der Waals surface area contributed by atoms with E-state index in [4.69, 9.17) is 4.74 Å². The summed E-state index contributed by atoms with van der Waals surface area (Å²) in [7, 11) is 0. The van der Waals surface area contributed by atoms with Gasteiger partial charge in [0.2, 0.25) is 5.91 Å². The minimum atomic E-state index is -4.58. The topological polar surface area (TPSA) is 49.8 Å². The molecule has 2 rings (SSSR count). The summed E-state index contributed by atoms with van der Waals surface area (Å²) in [4.78, 5) is 13.3. The minimum Gasteiger partial charge on any atom is -0.383 e. The number of aliphatic hydroxyl groups excluding tert-OH is 1. The third-order valence-corrected chi connectivity index (χ3v) is 3.95. The Hall–Kier alpha value is -0.820. The van der Waals surface area contributed by atoms with Gasteiger partial charge < -0.3 is 14.7 Å². The molecule has 0 spiro atoms. The average Bonchev–Trinajstić information content (AvgIpc) is 3.21. The van der Waals surface area contributed by atoms with Crippen LogP contribution in [0.3, 0.4) is 0 Å². The van der Waals surface area contributed by atoms with Gasteiger partial charge in [0.1, 0.15) is 6.61 Å². The fourth-order valence-electron chi connectivity index (χ4n) is 2.42. The van der Waals surface area contributed by atoms with Crippen molar-refractivity contribution in [3.05, 3.63) is 0 Å². The maximum absolute atomic E-state index is 12.4. The van der Waals surface area contributed by atoms with Gasteiger partial charge in [-0.05, 0) is 37.5 Å². The molecule has 116 valence electrons. The predicted molar refractivity (Wildman–Crippen MR) is 64.9 cm³/mol. The van der Waals surface area contributed by atoms with Crippen molar-refractivity contribution in [3.8, 4) is 0 Å². The van der Waals surface area contributed by atoms with Gasteiger partial charge in [0.05, 0.1) is 6.61 Å². The van der Waals surface area contributed by atoms with Crippen molar-refractivity contribution >= 4 is 5.91 Å². The number of alkyl halides is 3. The second-order valence-corrected chi connectivity index (χ2v) is 5.66. The van der Waals surface area contributed by atoms with Crippen molar-refractivity contribution in [1.29, 1.82) is 0 Å². The first-order chi connectivity index (χ1) is 9.38. The SMILES string of the molecule is O=C(COCC1CC1)N1CCC(C(O)C(F)(F)F)CC1. The van der Waals surface area contributed by atoms with Crippen molar-refractivity contribution in [2.45, 2.75) is 38.0 Å². The summed E-state index contributed by atoms with van der Waals surface area (Å²) >= 11 is 0. The number of nitrogens with zero attached hydrogens (tertiary/aromatic N) is 1.